The molecule has 0 bridgehead atoms. The van der Waals surface area contributed by atoms with Crippen LogP contribution in [0.2, 0.25) is 0 Å². The molecule has 2 aliphatic rings. The fourth-order valence-electron chi connectivity index (χ4n) is 4.15. The van der Waals surface area contributed by atoms with Crippen LogP contribution in [0.5, 0.6) is 0 Å². The van der Waals surface area contributed by atoms with Crippen LogP contribution in [0.3, 0.4) is 0 Å². The van der Waals surface area contributed by atoms with Crippen LogP contribution in [-0.4, -0.2) is 25.9 Å². The van der Waals surface area contributed by atoms with E-state index in [1.807, 2.05) is 0 Å². The Morgan fingerprint density at radius 2 is 1.52 bits per heavy atom. The van der Waals surface area contributed by atoms with Crippen LogP contribution < -0.4 is 0 Å². The summed E-state index contributed by atoms with van der Waals surface area (Å²) in [6, 6.07) is 24.4. The van der Waals surface area contributed by atoms with Gasteiger partial charge in [0.2, 0.25) is 0 Å². The monoisotopic (exact) mass is 356 g/mol. The zero-order valence-corrected chi connectivity index (χ0v) is 15.5. The van der Waals surface area contributed by atoms with E-state index in [0.717, 1.165) is 39.1 Å². The first kappa shape index (κ1) is 16.7. The standard InChI is InChI=1S/C25H24O2/c1-3-10-21(18(7-1)9-6-14-26-16-20-17-27-20)23-12-5-13-24-22-11-4-2-8-19(22)15-25(23)24/h1-5,7-8,10-13,20H,6,9,14-17H2. The molecule has 0 radical (unpaired) electrons. The van der Waals surface area contributed by atoms with Gasteiger partial charge in [0.05, 0.1) is 13.2 Å². The van der Waals surface area contributed by atoms with Gasteiger partial charge in [0.15, 0.2) is 0 Å². The third-order valence-corrected chi connectivity index (χ3v) is 5.60. The lowest BCUT2D eigenvalue weighted by Gasteiger charge is -2.14. The summed E-state index contributed by atoms with van der Waals surface area (Å²) >= 11 is 0. The van der Waals surface area contributed by atoms with Crippen LogP contribution in [0.4, 0.5) is 0 Å². The second kappa shape index (κ2) is 7.30. The van der Waals surface area contributed by atoms with E-state index in [-0.39, 0.29) is 0 Å². The Kier molecular flexibility index (Phi) is 4.52. The minimum atomic E-state index is 0.353. The molecule has 0 spiro atoms. The number of fused-ring (bicyclic) bond motifs is 3. The molecule has 3 aromatic carbocycles. The van der Waals surface area contributed by atoms with E-state index >= 15 is 0 Å². The summed E-state index contributed by atoms with van der Waals surface area (Å²) in [7, 11) is 0. The fourth-order valence-corrected chi connectivity index (χ4v) is 4.15. The quantitative estimate of drug-likeness (QED) is 0.332. The summed E-state index contributed by atoms with van der Waals surface area (Å²) in [6.45, 7) is 2.41. The maximum Gasteiger partial charge on any atom is 0.104 e. The van der Waals surface area contributed by atoms with Gasteiger partial charge in [-0.3, -0.25) is 0 Å². The first-order valence-corrected chi connectivity index (χ1v) is 9.88. The number of hydrogen-bond donors (Lipinski definition) is 0. The maximum absolute atomic E-state index is 5.72. The van der Waals surface area contributed by atoms with Crippen molar-refractivity contribution < 1.29 is 9.47 Å². The summed E-state index contributed by atoms with van der Waals surface area (Å²) in [5, 5.41) is 0. The highest BCUT2D eigenvalue weighted by atomic mass is 16.6. The van der Waals surface area contributed by atoms with Crippen molar-refractivity contribution in [1.82, 2.24) is 0 Å². The Balaban J connectivity index is 1.39. The Morgan fingerprint density at radius 3 is 2.37 bits per heavy atom. The molecular formula is C25H24O2. The molecule has 27 heavy (non-hydrogen) atoms. The van der Waals surface area contributed by atoms with Gasteiger partial charge in [-0.25, -0.2) is 0 Å². The van der Waals surface area contributed by atoms with Crippen molar-refractivity contribution in [3.8, 4) is 22.3 Å². The van der Waals surface area contributed by atoms with E-state index in [4.69, 9.17) is 9.47 Å². The molecule has 0 saturated carbocycles. The van der Waals surface area contributed by atoms with Gasteiger partial charge in [-0.2, -0.15) is 0 Å². The van der Waals surface area contributed by atoms with E-state index in [0.29, 0.717) is 6.10 Å². The average Bonchev–Trinajstić information content (AvgIpc) is 3.46. The molecule has 1 heterocycles. The lowest BCUT2D eigenvalue weighted by Crippen LogP contribution is -2.04. The fraction of sp³-hybridized carbons (Fsp3) is 0.280. The van der Waals surface area contributed by atoms with E-state index in [9.17, 15) is 0 Å². The largest absolute Gasteiger partial charge is 0.379 e. The van der Waals surface area contributed by atoms with E-state index in [1.54, 1.807) is 0 Å². The zero-order valence-electron chi connectivity index (χ0n) is 15.5. The molecule has 1 saturated heterocycles. The topological polar surface area (TPSA) is 21.8 Å². The van der Waals surface area contributed by atoms with Crippen molar-refractivity contribution in [2.24, 2.45) is 0 Å². The Bertz CT molecular complexity index is 956. The van der Waals surface area contributed by atoms with E-state index in [1.165, 1.54) is 38.9 Å². The van der Waals surface area contributed by atoms with Crippen molar-refractivity contribution in [2.45, 2.75) is 25.4 Å². The Labute approximate surface area is 160 Å². The van der Waals surface area contributed by atoms with Crippen LogP contribution in [0.1, 0.15) is 23.1 Å². The molecule has 3 aromatic rings. The molecule has 0 aromatic heterocycles. The molecule has 1 aliphatic heterocycles. The number of rotatable bonds is 7. The van der Waals surface area contributed by atoms with Gasteiger partial charge in [-0.05, 0) is 58.2 Å². The molecule has 1 atom stereocenters. The third kappa shape index (κ3) is 3.43. The van der Waals surface area contributed by atoms with Crippen LogP contribution >= 0.6 is 0 Å². The van der Waals surface area contributed by atoms with Crippen molar-refractivity contribution >= 4 is 0 Å². The third-order valence-electron chi connectivity index (χ3n) is 5.60. The van der Waals surface area contributed by atoms with Gasteiger partial charge in [0, 0.05) is 6.61 Å². The summed E-state index contributed by atoms with van der Waals surface area (Å²) < 4.78 is 10.9. The lowest BCUT2D eigenvalue weighted by molar-refractivity contribution is 0.114. The zero-order chi connectivity index (χ0) is 18.1. The highest BCUT2D eigenvalue weighted by Crippen LogP contribution is 2.42. The number of hydrogen-bond acceptors (Lipinski definition) is 2. The molecule has 2 nitrogen and oxygen atoms in total. The van der Waals surface area contributed by atoms with Gasteiger partial charge in [0.1, 0.15) is 6.10 Å². The first-order chi connectivity index (χ1) is 13.4. The van der Waals surface area contributed by atoms with Crippen LogP contribution in [0.15, 0.2) is 66.7 Å². The molecule has 1 unspecified atom stereocenters. The normalized spacial score (nSPS) is 16.8. The molecule has 0 N–H and O–H groups in total. The molecule has 0 amide bonds. The smallest absolute Gasteiger partial charge is 0.104 e. The van der Waals surface area contributed by atoms with Gasteiger partial charge in [0.25, 0.3) is 0 Å². The highest BCUT2D eigenvalue weighted by Gasteiger charge is 2.23. The second-order valence-corrected chi connectivity index (χ2v) is 7.46. The SMILES string of the molecule is c1ccc(-c2cccc3c2Cc2ccccc2-3)c(CCCOCC2CO2)c1. The molecular weight excluding hydrogens is 332 g/mol. The summed E-state index contributed by atoms with van der Waals surface area (Å²) in [6.07, 6.45) is 3.46. The summed E-state index contributed by atoms with van der Waals surface area (Å²) in [5.41, 5.74) is 9.85. The molecule has 1 aliphatic carbocycles. The van der Waals surface area contributed by atoms with E-state index < -0.39 is 0 Å². The second-order valence-electron chi connectivity index (χ2n) is 7.46. The molecule has 1 fully saturated rings. The predicted molar refractivity (Wildman–Crippen MR) is 109 cm³/mol. The first-order valence-electron chi connectivity index (χ1n) is 9.88. The Hall–Kier alpha value is -2.42. The van der Waals surface area contributed by atoms with Gasteiger partial charge < -0.3 is 9.47 Å². The molecule has 5 rings (SSSR count). The number of ether oxygens (including phenoxy) is 2. The van der Waals surface area contributed by atoms with Gasteiger partial charge in [-0.1, -0.05) is 66.7 Å². The minimum Gasteiger partial charge on any atom is -0.379 e. The van der Waals surface area contributed by atoms with Gasteiger partial charge in [-0.15, -0.1) is 0 Å². The number of epoxide rings is 1. The number of aryl methyl sites for hydroxylation is 1. The predicted octanol–water partition coefficient (Wildman–Crippen LogP) is 5.27. The van der Waals surface area contributed by atoms with E-state index in [2.05, 4.69) is 66.7 Å². The lowest BCUT2D eigenvalue weighted by atomic mass is 9.91. The summed E-state index contributed by atoms with van der Waals surface area (Å²) in [4.78, 5) is 0. The van der Waals surface area contributed by atoms with Crippen LogP contribution in [0, 0.1) is 0 Å². The van der Waals surface area contributed by atoms with Crippen LogP contribution in [0.25, 0.3) is 22.3 Å². The Morgan fingerprint density at radius 1 is 0.815 bits per heavy atom. The summed E-state index contributed by atoms with van der Waals surface area (Å²) in [5.74, 6) is 0. The van der Waals surface area contributed by atoms with Crippen molar-refractivity contribution in [2.75, 3.05) is 19.8 Å². The maximum atomic E-state index is 5.72. The highest BCUT2D eigenvalue weighted by molar-refractivity contribution is 5.85. The molecule has 2 heteroatoms. The minimum absolute atomic E-state index is 0.353. The van der Waals surface area contributed by atoms with Gasteiger partial charge >= 0.3 is 0 Å². The van der Waals surface area contributed by atoms with Crippen molar-refractivity contribution in [1.29, 1.82) is 0 Å². The number of benzene rings is 3. The van der Waals surface area contributed by atoms with Crippen LogP contribution in [-0.2, 0) is 22.3 Å². The van der Waals surface area contributed by atoms with Crippen molar-refractivity contribution in [3.05, 3.63) is 83.4 Å². The average molecular weight is 356 g/mol. The molecule has 136 valence electrons. The van der Waals surface area contributed by atoms with Crippen molar-refractivity contribution in [3.63, 3.8) is 0 Å².